The second-order valence-electron chi connectivity index (χ2n) is 8.61. The van der Waals surface area contributed by atoms with Gasteiger partial charge in [-0.25, -0.2) is 0 Å². The van der Waals surface area contributed by atoms with E-state index in [1.807, 2.05) is 0 Å². The summed E-state index contributed by atoms with van der Waals surface area (Å²) in [5.74, 6) is 1.81. The third-order valence-corrected chi connectivity index (χ3v) is 7.65. The smallest absolute Gasteiger partial charge is 0.144 e. The van der Waals surface area contributed by atoms with Gasteiger partial charge in [0.2, 0.25) is 0 Å². The number of hydrogen-bond acceptors (Lipinski definition) is 2. The van der Waals surface area contributed by atoms with Crippen molar-refractivity contribution in [2.75, 3.05) is 0 Å². The van der Waals surface area contributed by atoms with Crippen molar-refractivity contribution in [2.45, 2.75) is 0 Å². The molecule has 0 amide bonds. The zero-order valence-electron chi connectivity index (χ0n) is 18.4. The first-order valence-electron chi connectivity index (χ1n) is 11.4. The number of thiophene rings is 1. The molecule has 2 heteroatoms. The molecule has 2 aromatic heterocycles. The summed E-state index contributed by atoms with van der Waals surface area (Å²) in [5.41, 5.74) is 3.51. The third kappa shape index (κ3) is 3.23. The molecule has 34 heavy (non-hydrogen) atoms. The average molecular weight is 453 g/mol. The molecule has 0 unspecified atom stereocenters. The Morgan fingerprint density at radius 3 is 2.00 bits per heavy atom. The topological polar surface area (TPSA) is 13.1 Å². The largest absolute Gasteiger partial charge is 0.455 e. The molecule has 0 N–H and O–H groups in total. The highest BCUT2D eigenvalue weighted by Crippen LogP contribution is 2.37. The molecule has 160 valence electrons. The maximum Gasteiger partial charge on any atom is 0.144 e. The molecule has 0 aliphatic carbocycles. The lowest BCUT2D eigenvalue weighted by atomic mass is 9.97. The van der Waals surface area contributed by atoms with Gasteiger partial charge in [-0.3, -0.25) is 0 Å². The Balaban J connectivity index is 1.20. The van der Waals surface area contributed by atoms with Gasteiger partial charge in [0.15, 0.2) is 0 Å². The summed E-state index contributed by atoms with van der Waals surface area (Å²) in [5, 5.41) is 6.39. The second-order valence-corrected chi connectivity index (χ2v) is 9.70. The number of benzene rings is 5. The number of furan rings is 1. The van der Waals surface area contributed by atoms with Crippen LogP contribution in [0.1, 0.15) is 0 Å². The van der Waals surface area contributed by atoms with E-state index in [1.54, 1.807) is 11.3 Å². The van der Waals surface area contributed by atoms with Crippen molar-refractivity contribution in [1.29, 1.82) is 0 Å². The highest BCUT2D eigenvalue weighted by Gasteiger charge is 2.11. The Morgan fingerprint density at radius 2 is 1.12 bits per heavy atom. The highest BCUT2D eigenvalue weighted by molar-refractivity contribution is 7.22. The van der Waals surface area contributed by atoms with Crippen molar-refractivity contribution in [3.05, 3.63) is 121 Å². The van der Waals surface area contributed by atoms with Crippen molar-refractivity contribution >= 4 is 43.0 Å². The molecule has 0 fully saturated rings. The fourth-order valence-electron chi connectivity index (χ4n) is 4.75. The normalized spacial score (nSPS) is 11.5. The van der Waals surface area contributed by atoms with Crippen molar-refractivity contribution in [2.24, 2.45) is 0 Å². The van der Waals surface area contributed by atoms with Crippen LogP contribution in [-0.4, -0.2) is 0 Å². The maximum atomic E-state index is 6.24. The van der Waals surface area contributed by atoms with E-state index in [4.69, 9.17) is 4.42 Å². The van der Waals surface area contributed by atoms with E-state index in [2.05, 4.69) is 121 Å². The molecule has 2 heterocycles. The van der Waals surface area contributed by atoms with Crippen LogP contribution in [0, 0.1) is 0 Å². The summed E-state index contributed by atoms with van der Waals surface area (Å²) in [6.45, 7) is 0. The lowest BCUT2D eigenvalue weighted by Crippen LogP contribution is -1.82. The van der Waals surface area contributed by atoms with Crippen molar-refractivity contribution in [1.82, 2.24) is 0 Å². The summed E-state index contributed by atoms with van der Waals surface area (Å²) < 4.78 is 7.52. The number of fused-ring (bicyclic) bond motifs is 4. The van der Waals surface area contributed by atoms with E-state index < -0.39 is 0 Å². The first kappa shape index (κ1) is 19.3. The Labute approximate surface area is 201 Å². The molecule has 0 aliphatic rings. The fraction of sp³-hybridized carbons (Fsp3) is 0. The van der Waals surface area contributed by atoms with Gasteiger partial charge in [0.25, 0.3) is 0 Å². The van der Waals surface area contributed by atoms with E-state index in [0.717, 1.165) is 22.0 Å². The van der Waals surface area contributed by atoms with Crippen molar-refractivity contribution < 1.29 is 4.42 Å². The molecule has 1 nitrogen and oxygen atoms in total. The fourth-order valence-corrected chi connectivity index (χ4v) is 5.77. The molecule has 0 saturated heterocycles. The molecular weight excluding hydrogens is 432 g/mol. The van der Waals surface area contributed by atoms with E-state index in [9.17, 15) is 0 Å². The van der Waals surface area contributed by atoms with Crippen LogP contribution in [0.2, 0.25) is 0 Å². The van der Waals surface area contributed by atoms with E-state index >= 15 is 0 Å². The van der Waals surface area contributed by atoms with Crippen LogP contribution in [0.4, 0.5) is 0 Å². The Kier molecular flexibility index (Phi) is 4.39. The van der Waals surface area contributed by atoms with E-state index in [0.29, 0.717) is 0 Å². The van der Waals surface area contributed by atoms with Crippen LogP contribution in [-0.2, 0) is 0 Å². The Morgan fingerprint density at radius 1 is 0.441 bits per heavy atom. The summed E-state index contributed by atoms with van der Waals surface area (Å²) in [6, 6.07) is 43.2. The lowest BCUT2D eigenvalue weighted by molar-refractivity contribution is 0.599. The molecular formula is C32H20OS. The van der Waals surface area contributed by atoms with Crippen LogP contribution in [0.5, 0.6) is 0 Å². The summed E-state index contributed by atoms with van der Waals surface area (Å²) in [7, 11) is 0. The predicted molar refractivity (Wildman–Crippen MR) is 145 cm³/mol. The molecule has 0 saturated carbocycles. The molecule has 7 aromatic rings. The zero-order chi connectivity index (χ0) is 22.5. The molecule has 5 aromatic carbocycles. The Bertz CT molecular complexity index is 1770. The van der Waals surface area contributed by atoms with Crippen LogP contribution < -0.4 is 0 Å². The van der Waals surface area contributed by atoms with Gasteiger partial charge in [-0.15, -0.1) is 11.3 Å². The minimum absolute atomic E-state index is 0.893. The van der Waals surface area contributed by atoms with Gasteiger partial charge in [0.05, 0.1) is 4.88 Å². The van der Waals surface area contributed by atoms with Crippen LogP contribution in [0.25, 0.3) is 64.7 Å². The van der Waals surface area contributed by atoms with Crippen LogP contribution in [0.3, 0.4) is 0 Å². The van der Waals surface area contributed by atoms with Gasteiger partial charge in [-0.2, -0.15) is 0 Å². The van der Waals surface area contributed by atoms with Gasteiger partial charge in [-0.1, -0.05) is 91.0 Å². The predicted octanol–water partition coefficient (Wildman–Crippen LogP) is 9.80. The first-order chi connectivity index (χ1) is 16.8. The molecule has 0 radical (unpaired) electrons. The molecule has 7 rings (SSSR count). The SMILES string of the molecule is c1ccc2sc(-c3ccc(-c4ccc(-c5ccc6c(ccc7ccccc76)c5)cc4)o3)cc2c1. The minimum atomic E-state index is 0.893. The summed E-state index contributed by atoms with van der Waals surface area (Å²) >= 11 is 1.77. The average Bonchev–Trinajstić information content (AvgIpc) is 3.56. The monoisotopic (exact) mass is 452 g/mol. The van der Waals surface area contributed by atoms with Crippen LogP contribution >= 0.6 is 11.3 Å². The van der Waals surface area contributed by atoms with Crippen LogP contribution in [0.15, 0.2) is 126 Å². The zero-order valence-corrected chi connectivity index (χ0v) is 19.2. The second kappa shape index (κ2) is 7.72. The molecule has 0 atom stereocenters. The minimum Gasteiger partial charge on any atom is -0.455 e. The summed E-state index contributed by atoms with van der Waals surface area (Å²) in [4.78, 5) is 1.16. The van der Waals surface area contributed by atoms with E-state index in [-0.39, 0.29) is 0 Å². The van der Waals surface area contributed by atoms with E-state index in [1.165, 1.54) is 42.8 Å². The highest BCUT2D eigenvalue weighted by atomic mass is 32.1. The van der Waals surface area contributed by atoms with Gasteiger partial charge >= 0.3 is 0 Å². The maximum absolute atomic E-state index is 6.24. The molecule has 0 aliphatic heterocycles. The van der Waals surface area contributed by atoms with Gasteiger partial charge < -0.3 is 4.42 Å². The van der Waals surface area contributed by atoms with Gasteiger partial charge in [0, 0.05) is 10.3 Å². The van der Waals surface area contributed by atoms with Gasteiger partial charge in [0.1, 0.15) is 11.5 Å². The number of hydrogen-bond donors (Lipinski definition) is 0. The molecule has 0 spiro atoms. The summed E-state index contributed by atoms with van der Waals surface area (Å²) in [6.07, 6.45) is 0. The quantitative estimate of drug-likeness (QED) is 0.243. The first-order valence-corrected chi connectivity index (χ1v) is 12.2. The standard InChI is InChI=1S/C32H20OS/c1-3-7-27-22(5-1)11-14-25-19-24(15-16-28(25)27)21-9-12-23(13-10-21)29-17-18-30(33-29)32-20-26-6-2-4-8-31(26)34-32/h1-20H. The van der Waals surface area contributed by atoms with Crippen molar-refractivity contribution in [3.8, 4) is 33.1 Å². The molecule has 0 bridgehead atoms. The number of rotatable bonds is 3. The van der Waals surface area contributed by atoms with Gasteiger partial charge in [-0.05, 0) is 68.4 Å². The Hall–Kier alpha value is -4.14. The third-order valence-electron chi connectivity index (χ3n) is 6.52. The lowest BCUT2D eigenvalue weighted by Gasteiger charge is -2.08. The van der Waals surface area contributed by atoms with Crippen molar-refractivity contribution in [3.63, 3.8) is 0 Å².